The average molecular weight is 157 g/mol. The summed E-state index contributed by atoms with van der Waals surface area (Å²) in [6.07, 6.45) is 0. The molecule has 0 aliphatic carbocycles. The second kappa shape index (κ2) is 3.80. The Hall–Kier alpha value is -1.26. The molecule has 0 amide bonds. The summed E-state index contributed by atoms with van der Waals surface area (Å²) in [7, 11) is 7.06. The molecule has 3 N–H and O–H groups in total. The molecule has 0 rings (SSSR count). The van der Waals surface area contributed by atoms with Gasteiger partial charge in [-0.3, -0.25) is 15.3 Å². The maximum absolute atomic E-state index is 7.12. The van der Waals surface area contributed by atoms with Crippen molar-refractivity contribution in [3.05, 3.63) is 0 Å². The van der Waals surface area contributed by atoms with Crippen LogP contribution in [-0.2, 0) is 0 Å². The van der Waals surface area contributed by atoms with Gasteiger partial charge in [-0.25, -0.2) is 0 Å². The first-order valence-electron chi connectivity index (χ1n) is 3.22. The molecule has 0 bridgehead atoms. The summed E-state index contributed by atoms with van der Waals surface area (Å²) >= 11 is 0. The van der Waals surface area contributed by atoms with E-state index in [2.05, 4.69) is 4.99 Å². The molecule has 64 valence electrons. The summed E-state index contributed by atoms with van der Waals surface area (Å²) in [5.41, 5.74) is 5.25. The van der Waals surface area contributed by atoms with E-state index in [1.165, 1.54) is 4.90 Å². The first kappa shape index (κ1) is 9.74. The summed E-state index contributed by atoms with van der Waals surface area (Å²) in [4.78, 5) is 7.25. The zero-order valence-corrected chi connectivity index (χ0v) is 7.42. The highest BCUT2D eigenvalue weighted by Gasteiger charge is 2.08. The second-order valence-electron chi connectivity index (χ2n) is 2.36. The SMILES string of the molecule is C/N=C(/N(C)C)N(C)C(=N)N. The van der Waals surface area contributed by atoms with Crippen molar-refractivity contribution in [2.75, 3.05) is 28.2 Å². The van der Waals surface area contributed by atoms with Crippen molar-refractivity contribution >= 4 is 11.9 Å². The fraction of sp³-hybridized carbons (Fsp3) is 0.667. The molecule has 0 spiro atoms. The predicted molar refractivity (Wildman–Crippen MR) is 46.7 cm³/mol. The molecule has 0 saturated carbocycles. The Morgan fingerprint density at radius 3 is 1.91 bits per heavy atom. The maximum Gasteiger partial charge on any atom is 0.202 e. The third kappa shape index (κ3) is 2.45. The summed E-state index contributed by atoms with van der Waals surface area (Å²) in [5, 5.41) is 7.12. The first-order chi connectivity index (χ1) is 5.00. The third-order valence-electron chi connectivity index (χ3n) is 1.26. The third-order valence-corrected chi connectivity index (χ3v) is 1.26. The number of nitrogens with two attached hydrogens (primary N) is 1. The molecule has 0 aromatic rings. The summed E-state index contributed by atoms with van der Waals surface area (Å²) in [6.45, 7) is 0. The number of hydrogen-bond donors (Lipinski definition) is 2. The molecule has 5 nitrogen and oxygen atoms in total. The molecule has 0 aliphatic rings. The van der Waals surface area contributed by atoms with E-state index in [4.69, 9.17) is 11.1 Å². The van der Waals surface area contributed by atoms with Crippen molar-refractivity contribution in [2.24, 2.45) is 10.7 Å². The van der Waals surface area contributed by atoms with E-state index in [1.807, 2.05) is 14.1 Å². The highest BCUT2D eigenvalue weighted by atomic mass is 15.4. The molecule has 0 aliphatic heterocycles. The van der Waals surface area contributed by atoms with Crippen LogP contribution in [0.3, 0.4) is 0 Å². The molecule has 0 unspecified atom stereocenters. The lowest BCUT2D eigenvalue weighted by Gasteiger charge is -2.24. The van der Waals surface area contributed by atoms with E-state index in [9.17, 15) is 0 Å². The molecule has 11 heavy (non-hydrogen) atoms. The van der Waals surface area contributed by atoms with Crippen LogP contribution in [0.2, 0.25) is 0 Å². The zero-order valence-electron chi connectivity index (χ0n) is 7.42. The van der Waals surface area contributed by atoms with Crippen LogP contribution in [0, 0.1) is 5.41 Å². The molecule has 0 radical (unpaired) electrons. The number of rotatable bonds is 0. The average Bonchev–Trinajstić information content (AvgIpc) is 1.88. The zero-order chi connectivity index (χ0) is 9.02. The van der Waals surface area contributed by atoms with Crippen molar-refractivity contribution in [2.45, 2.75) is 0 Å². The van der Waals surface area contributed by atoms with Gasteiger partial charge < -0.3 is 10.6 Å². The smallest absolute Gasteiger partial charge is 0.202 e. The molecule has 0 aromatic carbocycles. The second-order valence-corrected chi connectivity index (χ2v) is 2.36. The molecule has 0 fully saturated rings. The molecule has 0 atom stereocenters. The van der Waals surface area contributed by atoms with Crippen LogP contribution in [-0.4, -0.2) is 49.9 Å². The fourth-order valence-corrected chi connectivity index (χ4v) is 0.758. The van der Waals surface area contributed by atoms with E-state index >= 15 is 0 Å². The molecule has 0 heterocycles. The highest BCUT2D eigenvalue weighted by Crippen LogP contribution is 1.88. The van der Waals surface area contributed by atoms with E-state index in [1.54, 1.807) is 19.0 Å². The Kier molecular flexibility index (Phi) is 3.36. The van der Waals surface area contributed by atoms with Gasteiger partial charge in [-0.05, 0) is 0 Å². The Balaban J connectivity index is 4.41. The lowest BCUT2D eigenvalue weighted by atomic mass is 10.6. The van der Waals surface area contributed by atoms with Gasteiger partial charge in [-0.1, -0.05) is 0 Å². The number of guanidine groups is 2. The number of aliphatic imine (C=N–C) groups is 1. The Bertz CT molecular complexity index is 172. The van der Waals surface area contributed by atoms with Crippen molar-refractivity contribution in [1.29, 1.82) is 5.41 Å². The molecular weight excluding hydrogens is 142 g/mol. The molecule has 0 aromatic heterocycles. The van der Waals surface area contributed by atoms with Gasteiger partial charge in [0.2, 0.25) is 5.96 Å². The standard InChI is InChI=1S/C6H15N5/c1-9-6(10(2)3)11(4)5(7)8/h1-4H3,(H3,7,8)/b9-6-. The summed E-state index contributed by atoms with van der Waals surface area (Å²) in [6, 6.07) is 0. The Morgan fingerprint density at radius 1 is 1.36 bits per heavy atom. The maximum atomic E-state index is 7.12. The van der Waals surface area contributed by atoms with Gasteiger partial charge >= 0.3 is 0 Å². The molecule has 0 saturated heterocycles. The van der Waals surface area contributed by atoms with Crippen LogP contribution in [0.15, 0.2) is 4.99 Å². The van der Waals surface area contributed by atoms with Gasteiger partial charge in [0.05, 0.1) is 0 Å². The Labute approximate surface area is 67.0 Å². The van der Waals surface area contributed by atoms with Crippen LogP contribution < -0.4 is 5.73 Å². The predicted octanol–water partition coefficient (Wildman–Crippen LogP) is -0.641. The molecular formula is C6H15N5. The van der Waals surface area contributed by atoms with E-state index in [-0.39, 0.29) is 5.96 Å². The van der Waals surface area contributed by atoms with Gasteiger partial charge in [0.25, 0.3) is 0 Å². The molecule has 5 heteroatoms. The minimum atomic E-state index is -0.0145. The van der Waals surface area contributed by atoms with Crippen LogP contribution in [0.1, 0.15) is 0 Å². The largest absolute Gasteiger partial charge is 0.370 e. The number of hydrogen-bond acceptors (Lipinski definition) is 2. The van der Waals surface area contributed by atoms with Crippen molar-refractivity contribution in [3.8, 4) is 0 Å². The van der Waals surface area contributed by atoms with Gasteiger partial charge in [-0.2, -0.15) is 0 Å². The van der Waals surface area contributed by atoms with Gasteiger partial charge in [-0.15, -0.1) is 0 Å². The normalized spacial score (nSPS) is 11.1. The highest BCUT2D eigenvalue weighted by molar-refractivity contribution is 5.95. The van der Waals surface area contributed by atoms with Crippen LogP contribution in [0.25, 0.3) is 0 Å². The minimum Gasteiger partial charge on any atom is -0.370 e. The fourth-order valence-electron chi connectivity index (χ4n) is 0.758. The van der Waals surface area contributed by atoms with Gasteiger partial charge in [0.15, 0.2) is 5.96 Å². The van der Waals surface area contributed by atoms with E-state index in [0.717, 1.165) is 0 Å². The lowest BCUT2D eigenvalue weighted by molar-refractivity contribution is 0.527. The number of nitrogens with zero attached hydrogens (tertiary/aromatic N) is 3. The van der Waals surface area contributed by atoms with Gasteiger partial charge in [0, 0.05) is 28.2 Å². The topological polar surface area (TPSA) is 68.7 Å². The summed E-state index contributed by atoms with van der Waals surface area (Å²) in [5.74, 6) is 0.650. The Morgan fingerprint density at radius 2 is 1.82 bits per heavy atom. The van der Waals surface area contributed by atoms with Crippen LogP contribution >= 0.6 is 0 Å². The van der Waals surface area contributed by atoms with Gasteiger partial charge in [0.1, 0.15) is 0 Å². The van der Waals surface area contributed by atoms with Crippen molar-refractivity contribution in [1.82, 2.24) is 9.80 Å². The summed E-state index contributed by atoms with van der Waals surface area (Å²) < 4.78 is 0. The quantitative estimate of drug-likeness (QED) is 0.363. The first-order valence-corrected chi connectivity index (χ1v) is 3.22. The lowest BCUT2D eigenvalue weighted by Crippen LogP contribution is -2.44. The number of nitrogens with one attached hydrogen (secondary N) is 1. The minimum absolute atomic E-state index is 0.0145. The van der Waals surface area contributed by atoms with E-state index < -0.39 is 0 Å². The van der Waals surface area contributed by atoms with Crippen LogP contribution in [0.5, 0.6) is 0 Å². The van der Waals surface area contributed by atoms with Crippen LogP contribution in [0.4, 0.5) is 0 Å². The van der Waals surface area contributed by atoms with Crippen molar-refractivity contribution < 1.29 is 0 Å². The van der Waals surface area contributed by atoms with Crippen molar-refractivity contribution in [3.63, 3.8) is 0 Å². The van der Waals surface area contributed by atoms with E-state index in [0.29, 0.717) is 5.96 Å². The monoisotopic (exact) mass is 157 g/mol.